The van der Waals surface area contributed by atoms with Crippen LogP contribution in [0.4, 0.5) is 11.8 Å². The fourth-order valence-corrected chi connectivity index (χ4v) is 2.72. The summed E-state index contributed by atoms with van der Waals surface area (Å²) in [6.45, 7) is 1.16. The Morgan fingerprint density at radius 2 is 1.88 bits per heavy atom. The van der Waals surface area contributed by atoms with E-state index in [1.54, 1.807) is 13.3 Å². The third-order valence-electron chi connectivity index (χ3n) is 3.98. The number of nitrogens with one attached hydrogen (secondary N) is 2. The molecule has 0 bridgehead atoms. The van der Waals surface area contributed by atoms with Crippen molar-refractivity contribution in [3.05, 3.63) is 30.5 Å². The van der Waals surface area contributed by atoms with Gasteiger partial charge in [0.2, 0.25) is 5.95 Å². The lowest BCUT2D eigenvalue weighted by Gasteiger charge is -2.12. The van der Waals surface area contributed by atoms with Gasteiger partial charge in [0.05, 0.1) is 19.9 Å². The van der Waals surface area contributed by atoms with Gasteiger partial charge >= 0.3 is 0 Å². The van der Waals surface area contributed by atoms with E-state index in [9.17, 15) is 0 Å². The normalized spacial score (nSPS) is 14.4. The molecular formula is C17H23N5O2. The molecule has 1 fully saturated rings. The molecule has 1 aromatic heterocycles. The molecule has 0 radical (unpaired) electrons. The van der Waals surface area contributed by atoms with Crippen LogP contribution in [0.5, 0.6) is 11.5 Å². The highest BCUT2D eigenvalue weighted by molar-refractivity contribution is 5.37. The summed E-state index contributed by atoms with van der Waals surface area (Å²) in [6, 6.07) is 7.99. The smallest absolute Gasteiger partial charge is 0.244 e. The molecule has 0 saturated heterocycles. The van der Waals surface area contributed by atoms with Crippen molar-refractivity contribution in [2.24, 2.45) is 0 Å². The zero-order chi connectivity index (χ0) is 16.6. The van der Waals surface area contributed by atoms with Gasteiger partial charge in [0.1, 0.15) is 18.1 Å². The third kappa shape index (κ3) is 4.71. The van der Waals surface area contributed by atoms with Crippen LogP contribution in [0, 0.1) is 0 Å². The summed E-state index contributed by atoms with van der Waals surface area (Å²) in [5.41, 5.74) is 0. The fraction of sp³-hybridized carbons (Fsp3) is 0.471. The number of ether oxygens (including phenoxy) is 2. The molecule has 7 nitrogen and oxygen atoms in total. The maximum Gasteiger partial charge on any atom is 0.244 e. The Morgan fingerprint density at radius 1 is 1.12 bits per heavy atom. The number of aromatic nitrogens is 3. The maximum atomic E-state index is 5.67. The number of methoxy groups -OCH3 is 1. The monoisotopic (exact) mass is 329 g/mol. The van der Waals surface area contributed by atoms with E-state index in [1.165, 1.54) is 25.7 Å². The number of hydrogen-bond acceptors (Lipinski definition) is 7. The standard InChI is InChI=1S/C17H23N5O2/c1-23-14-6-8-15(9-7-14)24-11-10-18-16-12-19-22-17(21-16)20-13-4-2-3-5-13/h6-9,12-13H,2-5,10-11H2,1H3,(H2,18,20,21,22). The molecule has 0 unspecified atom stereocenters. The second-order valence-corrected chi connectivity index (χ2v) is 5.74. The van der Waals surface area contributed by atoms with E-state index in [0.717, 1.165) is 11.5 Å². The molecule has 1 aromatic carbocycles. The molecule has 3 rings (SSSR count). The van der Waals surface area contributed by atoms with Gasteiger partial charge in [-0.05, 0) is 37.1 Å². The molecule has 1 heterocycles. The first kappa shape index (κ1) is 16.3. The molecular weight excluding hydrogens is 306 g/mol. The molecule has 1 aliphatic carbocycles. The highest BCUT2D eigenvalue weighted by Crippen LogP contribution is 2.20. The Morgan fingerprint density at radius 3 is 2.62 bits per heavy atom. The van der Waals surface area contributed by atoms with Crippen LogP contribution in [0.2, 0.25) is 0 Å². The topological polar surface area (TPSA) is 81.2 Å². The van der Waals surface area contributed by atoms with Gasteiger partial charge in [-0.15, -0.1) is 5.10 Å². The average molecular weight is 329 g/mol. The minimum atomic E-state index is 0.473. The second kappa shape index (κ2) is 8.33. The summed E-state index contributed by atoms with van der Waals surface area (Å²) in [4.78, 5) is 4.44. The zero-order valence-corrected chi connectivity index (χ0v) is 13.9. The maximum absolute atomic E-state index is 5.67. The van der Waals surface area contributed by atoms with Crippen molar-refractivity contribution in [3.63, 3.8) is 0 Å². The molecule has 2 aromatic rings. The Hall–Kier alpha value is -2.57. The predicted octanol–water partition coefficient (Wildman–Crippen LogP) is 2.73. The van der Waals surface area contributed by atoms with Crippen molar-refractivity contribution >= 4 is 11.8 Å². The van der Waals surface area contributed by atoms with Crippen LogP contribution < -0.4 is 20.1 Å². The van der Waals surface area contributed by atoms with Gasteiger partial charge in [-0.3, -0.25) is 0 Å². The van der Waals surface area contributed by atoms with Gasteiger partial charge in [-0.2, -0.15) is 10.1 Å². The van der Waals surface area contributed by atoms with Gasteiger partial charge in [-0.1, -0.05) is 12.8 Å². The molecule has 1 saturated carbocycles. The van der Waals surface area contributed by atoms with Crippen LogP contribution in [0.15, 0.2) is 30.5 Å². The largest absolute Gasteiger partial charge is 0.497 e. The van der Waals surface area contributed by atoms with Crippen LogP contribution in [0.1, 0.15) is 25.7 Å². The van der Waals surface area contributed by atoms with E-state index in [-0.39, 0.29) is 0 Å². The van der Waals surface area contributed by atoms with E-state index >= 15 is 0 Å². The number of benzene rings is 1. The van der Waals surface area contributed by atoms with Gasteiger partial charge in [0, 0.05) is 6.04 Å². The first-order chi connectivity index (χ1) is 11.8. The van der Waals surface area contributed by atoms with Crippen LogP contribution in [0.25, 0.3) is 0 Å². The zero-order valence-electron chi connectivity index (χ0n) is 13.9. The summed E-state index contributed by atoms with van der Waals surface area (Å²) < 4.78 is 10.8. The SMILES string of the molecule is COc1ccc(OCCNc2cnnc(NC3CCCC3)n2)cc1. The Kier molecular flexibility index (Phi) is 5.65. The summed E-state index contributed by atoms with van der Waals surface area (Å²) in [5, 5.41) is 14.6. The van der Waals surface area contributed by atoms with Crippen LogP contribution in [-0.2, 0) is 0 Å². The predicted molar refractivity (Wildman–Crippen MR) is 92.7 cm³/mol. The van der Waals surface area contributed by atoms with Crippen LogP contribution in [0.3, 0.4) is 0 Å². The van der Waals surface area contributed by atoms with Crippen LogP contribution in [-0.4, -0.2) is 41.5 Å². The third-order valence-corrected chi connectivity index (χ3v) is 3.98. The van der Waals surface area contributed by atoms with E-state index < -0.39 is 0 Å². The molecule has 7 heteroatoms. The van der Waals surface area contributed by atoms with Gasteiger partial charge in [-0.25, -0.2) is 0 Å². The van der Waals surface area contributed by atoms with Crippen molar-refractivity contribution < 1.29 is 9.47 Å². The summed E-state index contributed by atoms with van der Waals surface area (Å²) in [5.74, 6) is 2.91. The summed E-state index contributed by atoms with van der Waals surface area (Å²) in [7, 11) is 1.64. The summed E-state index contributed by atoms with van der Waals surface area (Å²) in [6.07, 6.45) is 6.51. The van der Waals surface area contributed by atoms with E-state index in [1.807, 2.05) is 24.3 Å². The average Bonchev–Trinajstić information content (AvgIpc) is 3.13. The van der Waals surface area contributed by atoms with Gasteiger partial charge in [0.15, 0.2) is 5.82 Å². The first-order valence-electron chi connectivity index (χ1n) is 8.30. The van der Waals surface area contributed by atoms with Gasteiger partial charge < -0.3 is 20.1 Å². The fourth-order valence-electron chi connectivity index (χ4n) is 2.72. The van der Waals surface area contributed by atoms with E-state index in [0.29, 0.717) is 31.0 Å². The number of anilines is 2. The molecule has 0 aliphatic heterocycles. The Bertz CT molecular complexity index is 629. The van der Waals surface area contributed by atoms with Crippen molar-refractivity contribution in [2.75, 3.05) is 30.9 Å². The molecule has 24 heavy (non-hydrogen) atoms. The number of rotatable bonds is 8. The Balaban J connectivity index is 1.42. The highest BCUT2D eigenvalue weighted by Gasteiger charge is 2.15. The minimum Gasteiger partial charge on any atom is -0.497 e. The van der Waals surface area contributed by atoms with Crippen molar-refractivity contribution in [3.8, 4) is 11.5 Å². The van der Waals surface area contributed by atoms with E-state index in [2.05, 4.69) is 25.8 Å². The van der Waals surface area contributed by atoms with Gasteiger partial charge in [0.25, 0.3) is 0 Å². The Labute approximate surface area is 141 Å². The van der Waals surface area contributed by atoms with E-state index in [4.69, 9.17) is 9.47 Å². The number of nitrogens with zero attached hydrogens (tertiary/aromatic N) is 3. The van der Waals surface area contributed by atoms with Crippen molar-refractivity contribution in [1.82, 2.24) is 15.2 Å². The molecule has 2 N–H and O–H groups in total. The number of hydrogen-bond donors (Lipinski definition) is 2. The molecule has 0 atom stereocenters. The van der Waals surface area contributed by atoms with Crippen LogP contribution >= 0.6 is 0 Å². The van der Waals surface area contributed by atoms with Crippen molar-refractivity contribution in [2.45, 2.75) is 31.7 Å². The lowest BCUT2D eigenvalue weighted by Crippen LogP contribution is -2.18. The minimum absolute atomic E-state index is 0.473. The highest BCUT2D eigenvalue weighted by atomic mass is 16.5. The second-order valence-electron chi connectivity index (χ2n) is 5.74. The lowest BCUT2D eigenvalue weighted by molar-refractivity contribution is 0.331. The first-order valence-corrected chi connectivity index (χ1v) is 8.30. The summed E-state index contributed by atoms with van der Waals surface area (Å²) >= 11 is 0. The quantitative estimate of drug-likeness (QED) is 0.721. The molecule has 0 spiro atoms. The molecule has 128 valence electrons. The lowest BCUT2D eigenvalue weighted by atomic mass is 10.3. The van der Waals surface area contributed by atoms with Crippen molar-refractivity contribution in [1.29, 1.82) is 0 Å². The molecule has 0 amide bonds. The molecule has 1 aliphatic rings.